The van der Waals surface area contributed by atoms with E-state index < -0.39 is 18.0 Å². The second-order valence-corrected chi connectivity index (χ2v) is 10.1. The predicted molar refractivity (Wildman–Crippen MR) is 152 cm³/mol. The molecule has 0 aliphatic carbocycles. The molecule has 2 amide bonds. The lowest BCUT2D eigenvalue weighted by Gasteiger charge is -2.29. The van der Waals surface area contributed by atoms with Gasteiger partial charge in [0.15, 0.2) is 0 Å². The van der Waals surface area contributed by atoms with Crippen molar-refractivity contribution in [1.29, 1.82) is 5.26 Å². The van der Waals surface area contributed by atoms with Crippen LogP contribution in [0.5, 0.6) is 5.75 Å². The Balaban J connectivity index is 1.44. The van der Waals surface area contributed by atoms with Gasteiger partial charge in [0.2, 0.25) is 6.41 Å². The Kier molecular flexibility index (Phi) is 11.5. The van der Waals surface area contributed by atoms with Gasteiger partial charge in [-0.15, -0.1) is 0 Å². The van der Waals surface area contributed by atoms with E-state index in [0.717, 1.165) is 38.9 Å². The summed E-state index contributed by atoms with van der Waals surface area (Å²) in [7, 11) is 1.54. The first-order valence-corrected chi connectivity index (χ1v) is 14.0. The summed E-state index contributed by atoms with van der Waals surface area (Å²) in [6.07, 6.45) is 1.94. The molecule has 41 heavy (non-hydrogen) atoms. The molecule has 0 aromatic heterocycles. The number of ether oxygens (including phenoxy) is 3. The van der Waals surface area contributed by atoms with Crippen LogP contribution in [0, 0.1) is 17.1 Å². The predicted octanol–water partition coefficient (Wildman–Crippen LogP) is 2.12. The molecule has 2 fully saturated rings. The van der Waals surface area contributed by atoms with E-state index >= 15 is 4.39 Å². The van der Waals surface area contributed by atoms with E-state index in [1.165, 1.54) is 6.07 Å². The first-order valence-electron chi connectivity index (χ1n) is 14.0. The van der Waals surface area contributed by atoms with Crippen LogP contribution in [0.15, 0.2) is 36.4 Å². The van der Waals surface area contributed by atoms with Gasteiger partial charge in [0, 0.05) is 45.8 Å². The minimum absolute atomic E-state index is 0.0167. The lowest BCUT2D eigenvalue weighted by Crippen LogP contribution is -2.47. The number of halogens is 1. The van der Waals surface area contributed by atoms with E-state index in [1.807, 2.05) is 12.1 Å². The smallest absolute Gasteiger partial charge is 0.251 e. The number of rotatable bonds is 11. The first-order chi connectivity index (χ1) is 20.0. The maximum absolute atomic E-state index is 15.3. The molecular formula is C30H38FN5O5. The van der Waals surface area contributed by atoms with Gasteiger partial charge >= 0.3 is 0 Å². The number of hydrogen-bond donors (Lipinski definition) is 2. The van der Waals surface area contributed by atoms with Crippen LogP contribution >= 0.6 is 0 Å². The minimum atomic E-state index is -0.905. The van der Waals surface area contributed by atoms with Crippen molar-refractivity contribution < 1.29 is 28.2 Å². The largest absolute Gasteiger partial charge is 0.495 e. The highest BCUT2D eigenvalue weighted by atomic mass is 19.1. The Bertz CT molecular complexity index is 1210. The maximum atomic E-state index is 15.3. The van der Waals surface area contributed by atoms with Gasteiger partial charge < -0.3 is 29.7 Å². The summed E-state index contributed by atoms with van der Waals surface area (Å²) in [6.45, 7) is 5.81. The number of carbonyl (C=O) groups excluding carboxylic acids is 2. The Labute approximate surface area is 240 Å². The third-order valence-electron chi connectivity index (χ3n) is 7.35. The number of nitrogens with one attached hydrogen (secondary N) is 2. The minimum Gasteiger partial charge on any atom is -0.495 e. The first kappa shape index (κ1) is 30.4. The zero-order valence-electron chi connectivity index (χ0n) is 23.4. The quantitative estimate of drug-likeness (QED) is 0.397. The van der Waals surface area contributed by atoms with Crippen molar-refractivity contribution in [3.63, 3.8) is 0 Å². The topological polar surface area (TPSA) is 116 Å². The highest BCUT2D eigenvalue weighted by Gasteiger charge is 2.24. The summed E-state index contributed by atoms with van der Waals surface area (Å²) in [5.41, 5.74) is 2.23. The van der Waals surface area contributed by atoms with Crippen LogP contribution < -0.4 is 20.3 Å². The number of methoxy groups -OCH3 is 1. The summed E-state index contributed by atoms with van der Waals surface area (Å²) < 4.78 is 31.8. The van der Waals surface area contributed by atoms with Crippen molar-refractivity contribution in [3.8, 4) is 22.9 Å². The molecule has 2 aliphatic rings. The van der Waals surface area contributed by atoms with Crippen molar-refractivity contribution in [2.45, 2.75) is 31.4 Å². The number of benzene rings is 2. The Morgan fingerprint density at radius 2 is 2.02 bits per heavy atom. The summed E-state index contributed by atoms with van der Waals surface area (Å²) in [6, 6.07) is 11.3. The number of anilines is 1. The zero-order chi connectivity index (χ0) is 29.0. The summed E-state index contributed by atoms with van der Waals surface area (Å²) in [4.78, 5) is 28.5. The number of nitriles is 1. The maximum Gasteiger partial charge on any atom is 0.251 e. The van der Waals surface area contributed by atoms with Gasteiger partial charge in [-0.3, -0.25) is 14.5 Å². The van der Waals surface area contributed by atoms with Gasteiger partial charge in [0.05, 0.1) is 32.1 Å². The number of amides is 2. The van der Waals surface area contributed by atoms with Crippen LogP contribution in [0.4, 0.5) is 10.1 Å². The van der Waals surface area contributed by atoms with E-state index in [1.54, 1.807) is 30.2 Å². The highest BCUT2D eigenvalue weighted by Crippen LogP contribution is 2.33. The SMILES string of the molecule is COc1ccc(-c2ccc(CC(C#N)NC(=O)C3CNCCCCO3)c(F)c2)cc1N(C=O)CCN1CCOCC1. The van der Waals surface area contributed by atoms with E-state index in [4.69, 9.17) is 14.2 Å². The number of hydrogen-bond acceptors (Lipinski definition) is 8. The lowest BCUT2D eigenvalue weighted by molar-refractivity contribution is -0.133. The van der Waals surface area contributed by atoms with Gasteiger partial charge in [0.1, 0.15) is 23.7 Å². The van der Waals surface area contributed by atoms with Gasteiger partial charge in [-0.1, -0.05) is 18.2 Å². The van der Waals surface area contributed by atoms with E-state index in [2.05, 4.69) is 21.6 Å². The van der Waals surface area contributed by atoms with Gasteiger partial charge in [0.25, 0.3) is 5.91 Å². The molecular weight excluding hydrogens is 529 g/mol. The van der Waals surface area contributed by atoms with Gasteiger partial charge in [-0.05, 0) is 54.3 Å². The van der Waals surface area contributed by atoms with E-state index in [9.17, 15) is 14.9 Å². The molecule has 2 aliphatic heterocycles. The lowest BCUT2D eigenvalue weighted by atomic mass is 9.99. The third kappa shape index (κ3) is 8.47. The van der Waals surface area contributed by atoms with Crippen LogP contribution in [-0.2, 0) is 25.5 Å². The van der Waals surface area contributed by atoms with Crippen molar-refractivity contribution in [2.24, 2.45) is 0 Å². The fraction of sp³-hybridized carbons (Fsp3) is 0.500. The average molecular weight is 568 g/mol. The molecule has 2 saturated heterocycles. The van der Waals surface area contributed by atoms with Crippen LogP contribution in [0.1, 0.15) is 18.4 Å². The Hall–Kier alpha value is -3.56. The van der Waals surface area contributed by atoms with Gasteiger partial charge in [-0.2, -0.15) is 5.26 Å². The molecule has 4 rings (SSSR count). The Morgan fingerprint density at radius 3 is 2.76 bits per heavy atom. The van der Waals surface area contributed by atoms with Crippen molar-refractivity contribution in [2.75, 3.05) is 71.1 Å². The molecule has 0 radical (unpaired) electrons. The zero-order valence-corrected chi connectivity index (χ0v) is 23.4. The van der Waals surface area contributed by atoms with Gasteiger partial charge in [-0.25, -0.2) is 4.39 Å². The Morgan fingerprint density at radius 1 is 1.24 bits per heavy atom. The summed E-state index contributed by atoms with van der Waals surface area (Å²) in [5, 5.41) is 15.5. The van der Waals surface area contributed by atoms with Crippen LogP contribution in [0.2, 0.25) is 0 Å². The molecule has 2 atom stereocenters. The molecule has 2 heterocycles. The number of carbonyl (C=O) groups is 2. The molecule has 10 nitrogen and oxygen atoms in total. The van der Waals surface area contributed by atoms with Crippen molar-refractivity contribution in [1.82, 2.24) is 15.5 Å². The summed E-state index contributed by atoms with van der Waals surface area (Å²) >= 11 is 0. The van der Waals surface area contributed by atoms with Crippen LogP contribution in [0.25, 0.3) is 11.1 Å². The molecule has 220 valence electrons. The molecule has 11 heteroatoms. The monoisotopic (exact) mass is 567 g/mol. The fourth-order valence-electron chi connectivity index (χ4n) is 4.94. The van der Waals surface area contributed by atoms with E-state index in [0.29, 0.717) is 67.6 Å². The molecule has 2 aromatic carbocycles. The average Bonchev–Trinajstić information content (AvgIpc) is 2.98. The third-order valence-corrected chi connectivity index (χ3v) is 7.35. The summed E-state index contributed by atoms with van der Waals surface area (Å²) in [5.74, 6) is -0.337. The highest BCUT2D eigenvalue weighted by molar-refractivity contribution is 5.83. The molecule has 0 saturated carbocycles. The number of morpholine rings is 1. The normalized spacial score (nSPS) is 18.8. The molecule has 0 spiro atoms. The van der Waals surface area contributed by atoms with Crippen LogP contribution in [0.3, 0.4) is 0 Å². The molecule has 2 N–H and O–H groups in total. The van der Waals surface area contributed by atoms with Crippen molar-refractivity contribution in [3.05, 3.63) is 47.8 Å². The van der Waals surface area contributed by atoms with E-state index in [-0.39, 0.29) is 12.3 Å². The standard InChI is InChI=1S/C30H38FN5O5/c1-39-28-7-6-23(18-27(28)36(21-37)10-9-35-11-14-40-15-12-35)22-4-5-24(26(31)17-22)16-25(19-32)34-30(38)29-20-33-8-2-3-13-41-29/h4-7,17-18,21,25,29,33H,2-3,8-16,20H2,1H3,(H,34,38). The molecule has 0 bridgehead atoms. The van der Waals surface area contributed by atoms with Crippen molar-refractivity contribution >= 4 is 18.0 Å². The number of nitrogens with zero attached hydrogens (tertiary/aromatic N) is 3. The second kappa shape index (κ2) is 15.4. The molecule has 2 unspecified atom stereocenters. The van der Waals surface area contributed by atoms with Crippen LogP contribution in [-0.4, -0.2) is 95.6 Å². The fourth-order valence-corrected chi connectivity index (χ4v) is 4.94. The molecule has 2 aromatic rings. The second-order valence-electron chi connectivity index (χ2n) is 10.1.